The molecule has 0 saturated heterocycles. The van der Waals surface area contributed by atoms with Gasteiger partial charge in [-0.05, 0) is 36.6 Å². The molecule has 7 heteroatoms. The van der Waals surface area contributed by atoms with Gasteiger partial charge in [0.2, 0.25) is 0 Å². The highest BCUT2D eigenvalue weighted by Crippen LogP contribution is 2.39. The minimum absolute atomic E-state index is 0.0302. The van der Waals surface area contributed by atoms with Gasteiger partial charge in [0.15, 0.2) is 21.0 Å². The van der Waals surface area contributed by atoms with Gasteiger partial charge in [-0.25, -0.2) is 8.42 Å². The maximum Gasteiger partial charge on any atom is 0.323 e. The van der Waals surface area contributed by atoms with E-state index >= 15 is 0 Å². The van der Waals surface area contributed by atoms with Gasteiger partial charge in [0.25, 0.3) is 0 Å². The Bertz CT molecular complexity index is 973. The van der Waals surface area contributed by atoms with E-state index in [9.17, 15) is 23.1 Å². The fraction of sp³-hybridized carbons (Fsp3) is 0.368. The molecular weight excluding hydrogens is 354 g/mol. The lowest BCUT2D eigenvalue weighted by molar-refractivity contribution is -0.141. The molecule has 1 aromatic carbocycles. The number of aliphatic carboxylic acids is 1. The Morgan fingerprint density at radius 2 is 1.96 bits per heavy atom. The minimum Gasteiger partial charge on any atom is -0.480 e. The zero-order valence-corrected chi connectivity index (χ0v) is 15.5. The van der Waals surface area contributed by atoms with Crippen LogP contribution < -0.4 is 0 Å². The van der Waals surface area contributed by atoms with Crippen LogP contribution in [0.4, 0.5) is 0 Å². The lowest BCUT2D eigenvalue weighted by atomic mass is 9.76. The number of carbonyl (C=O) groups is 2. The maximum atomic E-state index is 13.2. The van der Waals surface area contributed by atoms with E-state index in [4.69, 9.17) is 0 Å². The average Bonchev–Trinajstić information content (AvgIpc) is 3.15. The molecule has 0 spiro atoms. The zero-order chi connectivity index (χ0) is 19.1. The van der Waals surface area contributed by atoms with Gasteiger partial charge in [0.1, 0.15) is 0 Å². The van der Waals surface area contributed by atoms with Gasteiger partial charge in [-0.2, -0.15) is 0 Å². The summed E-state index contributed by atoms with van der Waals surface area (Å²) in [6.45, 7) is 4.04. The van der Waals surface area contributed by atoms with Crippen molar-refractivity contribution < 1.29 is 23.1 Å². The van der Waals surface area contributed by atoms with Crippen molar-refractivity contribution in [2.24, 2.45) is 5.92 Å². The third-order valence-corrected chi connectivity index (χ3v) is 6.83. The fourth-order valence-corrected chi connectivity index (χ4v) is 5.23. The zero-order valence-electron chi connectivity index (χ0n) is 14.7. The van der Waals surface area contributed by atoms with Crippen molar-refractivity contribution in [2.75, 3.05) is 5.75 Å². The van der Waals surface area contributed by atoms with Gasteiger partial charge in [0.05, 0.1) is 10.6 Å². The molecule has 2 aromatic rings. The van der Waals surface area contributed by atoms with Gasteiger partial charge < -0.3 is 9.67 Å². The second-order valence-corrected chi connectivity index (χ2v) is 9.11. The summed E-state index contributed by atoms with van der Waals surface area (Å²) in [4.78, 5) is 25.3. The first-order valence-electron chi connectivity index (χ1n) is 8.45. The van der Waals surface area contributed by atoms with Crippen LogP contribution in [-0.2, 0) is 26.6 Å². The monoisotopic (exact) mass is 375 g/mol. The normalized spacial score (nSPS) is 19.5. The molecule has 1 aliphatic heterocycles. The number of hydrogen-bond acceptors (Lipinski definition) is 4. The standard InChI is InChI=1S/C19H21NO5S/c1-13(2)12-26(24,25)15-6-3-5-14(11-15)17(21)19(18(22)23)8-10-20-9-4-7-16(19)20/h3-7,9,11,13H,8,10,12H2,1-2H3,(H,22,23). The fourth-order valence-electron chi connectivity index (χ4n) is 3.57. The largest absolute Gasteiger partial charge is 0.480 e. The number of aryl methyl sites for hydroxylation is 1. The third-order valence-electron chi connectivity index (χ3n) is 4.76. The van der Waals surface area contributed by atoms with Crippen molar-refractivity contribution in [3.63, 3.8) is 0 Å². The quantitative estimate of drug-likeness (QED) is 0.618. The smallest absolute Gasteiger partial charge is 0.323 e. The number of ketones is 1. The summed E-state index contributed by atoms with van der Waals surface area (Å²) in [7, 11) is -3.53. The number of nitrogens with zero attached hydrogens (tertiary/aromatic N) is 1. The van der Waals surface area contributed by atoms with E-state index in [-0.39, 0.29) is 28.6 Å². The van der Waals surface area contributed by atoms with Crippen molar-refractivity contribution in [1.29, 1.82) is 0 Å². The molecule has 0 radical (unpaired) electrons. The number of sulfone groups is 1. The van der Waals surface area contributed by atoms with Gasteiger partial charge in [-0.1, -0.05) is 26.0 Å². The average molecular weight is 375 g/mol. The van der Waals surface area contributed by atoms with Crippen molar-refractivity contribution >= 4 is 21.6 Å². The number of carboxylic acids is 1. The van der Waals surface area contributed by atoms with Crippen LogP contribution in [0.25, 0.3) is 0 Å². The van der Waals surface area contributed by atoms with E-state index in [1.807, 2.05) is 0 Å². The second-order valence-electron chi connectivity index (χ2n) is 7.08. The van der Waals surface area contributed by atoms with Crippen molar-refractivity contribution in [3.05, 3.63) is 53.9 Å². The van der Waals surface area contributed by atoms with E-state index in [1.54, 1.807) is 36.7 Å². The number of rotatable bonds is 6. The lowest BCUT2D eigenvalue weighted by Crippen LogP contribution is -2.42. The molecule has 0 aliphatic carbocycles. The summed E-state index contributed by atoms with van der Waals surface area (Å²) >= 11 is 0. The number of aromatic nitrogens is 1. The van der Waals surface area contributed by atoms with E-state index in [1.165, 1.54) is 24.3 Å². The number of carbonyl (C=O) groups excluding carboxylic acids is 1. The van der Waals surface area contributed by atoms with Crippen molar-refractivity contribution in [2.45, 2.75) is 37.1 Å². The number of carboxylic acid groups (broad SMARTS) is 1. The molecule has 6 nitrogen and oxygen atoms in total. The topological polar surface area (TPSA) is 93.4 Å². The summed E-state index contributed by atoms with van der Waals surface area (Å²) in [5.74, 6) is -1.88. The molecule has 0 saturated carbocycles. The van der Waals surface area contributed by atoms with Crippen molar-refractivity contribution in [3.8, 4) is 0 Å². The number of hydrogen-bond donors (Lipinski definition) is 1. The molecule has 3 rings (SSSR count). The van der Waals surface area contributed by atoms with E-state index < -0.39 is 27.0 Å². The SMILES string of the molecule is CC(C)CS(=O)(=O)c1cccc(C(=O)C2(C(=O)O)CCn3cccc32)c1. The van der Waals surface area contributed by atoms with E-state index in [2.05, 4.69) is 0 Å². The first-order valence-corrected chi connectivity index (χ1v) is 10.1. The summed E-state index contributed by atoms with van der Waals surface area (Å²) in [6, 6.07) is 9.06. The molecule has 0 amide bonds. The molecule has 1 atom stereocenters. The van der Waals surface area contributed by atoms with Gasteiger partial charge in [-0.3, -0.25) is 9.59 Å². The molecule has 0 fully saturated rings. The van der Waals surface area contributed by atoms with E-state index in [0.717, 1.165) is 0 Å². The van der Waals surface area contributed by atoms with Gasteiger partial charge >= 0.3 is 5.97 Å². The number of benzene rings is 1. The molecule has 1 N–H and O–H groups in total. The van der Waals surface area contributed by atoms with Crippen molar-refractivity contribution in [1.82, 2.24) is 4.57 Å². The molecule has 1 aliphatic rings. The summed E-state index contributed by atoms with van der Waals surface area (Å²) in [5.41, 5.74) is -1.14. The van der Waals surface area contributed by atoms with Crippen LogP contribution in [-0.4, -0.2) is 35.6 Å². The van der Waals surface area contributed by atoms with Crippen LogP contribution in [0.15, 0.2) is 47.5 Å². The Balaban J connectivity index is 2.06. The predicted octanol–water partition coefficient (Wildman–Crippen LogP) is 2.53. The van der Waals surface area contributed by atoms with Gasteiger partial charge in [0, 0.05) is 24.0 Å². The Kier molecular flexibility index (Phi) is 4.52. The summed E-state index contributed by atoms with van der Waals surface area (Å²) in [5, 5.41) is 9.86. The Labute approximate surface area is 152 Å². The van der Waals surface area contributed by atoms with Crippen LogP contribution in [0.2, 0.25) is 0 Å². The highest BCUT2D eigenvalue weighted by Gasteiger charge is 2.52. The van der Waals surface area contributed by atoms with E-state index in [0.29, 0.717) is 12.2 Å². The Morgan fingerprint density at radius 3 is 2.62 bits per heavy atom. The highest BCUT2D eigenvalue weighted by atomic mass is 32.2. The molecule has 1 aromatic heterocycles. The van der Waals surface area contributed by atoms with Crippen LogP contribution in [0.5, 0.6) is 0 Å². The molecule has 0 bridgehead atoms. The Morgan fingerprint density at radius 1 is 1.23 bits per heavy atom. The van der Waals surface area contributed by atoms with Gasteiger partial charge in [-0.15, -0.1) is 0 Å². The number of Topliss-reactive ketones (excluding diaryl/α,β-unsaturated/α-hetero) is 1. The molecule has 2 heterocycles. The lowest BCUT2D eigenvalue weighted by Gasteiger charge is -2.22. The first-order chi connectivity index (χ1) is 12.2. The second kappa shape index (κ2) is 6.39. The summed E-state index contributed by atoms with van der Waals surface area (Å²) < 4.78 is 26.7. The van der Waals surface area contributed by atoms with Crippen LogP contribution in [0.1, 0.15) is 36.3 Å². The highest BCUT2D eigenvalue weighted by molar-refractivity contribution is 7.91. The maximum absolute atomic E-state index is 13.2. The Hall–Kier alpha value is -2.41. The third kappa shape index (κ3) is 2.86. The van der Waals surface area contributed by atoms with Crippen LogP contribution >= 0.6 is 0 Å². The molecule has 26 heavy (non-hydrogen) atoms. The molecule has 1 unspecified atom stereocenters. The number of fused-ring (bicyclic) bond motifs is 1. The minimum atomic E-state index is -3.53. The predicted molar refractivity (Wildman–Crippen MR) is 96.0 cm³/mol. The van der Waals surface area contributed by atoms with Crippen LogP contribution in [0.3, 0.4) is 0 Å². The molecule has 138 valence electrons. The molecular formula is C19H21NO5S. The summed E-state index contributed by atoms with van der Waals surface area (Å²) in [6.07, 6.45) is 1.90. The van der Waals surface area contributed by atoms with Crippen LogP contribution in [0, 0.1) is 5.92 Å². The first kappa shape index (κ1) is 18.4.